The summed E-state index contributed by atoms with van der Waals surface area (Å²) in [6, 6.07) is 29.0. The average Bonchev–Trinajstić information content (AvgIpc) is 2.67. The van der Waals surface area contributed by atoms with Crippen molar-refractivity contribution in [3.63, 3.8) is 0 Å². The smallest absolute Gasteiger partial charge is 0.00178 e. The van der Waals surface area contributed by atoms with Crippen molar-refractivity contribution in [3.05, 3.63) is 84.4 Å². The molecule has 0 N–H and O–H groups in total. The third-order valence-electron chi connectivity index (χ3n) is 5.34. The molecule has 0 heterocycles. The van der Waals surface area contributed by atoms with Gasteiger partial charge in [0.2, 0.25) is 0 Å². The van der Waals surface area contributed by atoms with Crippen LogP contribution in [0.2, 0.25) is 0 Å². The normalized spacial score (nSPS) is 11.7. The number of benzene rings is 5. The summed E-state index contributed by atoms with van der Waals surface area (Å²) in [5.41, 5.74) is 4.09. The lowest BCUT2D eigenvalue weighted by Gasteiger charge is -2.17. The van der Waals surface area contributed by atoms with Gasteiger partial charge in [-0.25, -0.2) is 0 Å². The molecular formula is C25H20. The minimum absolute atomic E-state index is 1.13. The van der Waals surface area contributed by atoms with Crippen molar-refractivity contribution in [3.8, 4) is 11.1 Å². The van der Waals surface area contributed by atoms with Crippen molar-refractivity contribution in [2.24, 2.45) is 0 Å². The van der Waals surface area contributed by atoms with Gasteiger partial charge in [0, 0.05) is 0 Å². The second kappa shape index (κ2) is 5.60. The van der Waals surface area contributed by atoms with Crippen LogP contribution in [0, 0.1) is 0 Å². The van der Waals surface area contributed by atoms with E-state index in [0.717, 1.165) is 6.42 Å². The summed E-state index contributed by atoms with van der Waals surface area (Å²) in [7, 11) is 0. The monoisotopic (exact) mass is 320 g/mol. The van der Waals surface area contributed by atoms with Gasteiger partial charge >= 0.3 is 0 Å². The number of hydrogen-bond acceptors (Lipinski definition) is 0. The highest BCUT2D eigenvalue weighted by Crippen LogP contribution is 2.41. The van der Waals surface area contributed by atoms with E-state index in [-0.39, 0.29) is 0 Å². The van der Waals surface area contributed by atoms with Crippen LogP contribution in [0.25, 0.3) is 43.4 Å². The van der Waals surface area contributed by atoms with E-state index in [1.165, 1.54) is 55.4 Å². The number of hydrogen-bond donors (Lipinski definition) is 0. The van der Waals surface area contributed by atoms with E-state index in [1.807, 2.05) is 0 Å². The third-order valence-corrected chi connectivity index (χ3v) is 5.34. The van der Waals surface area contributed by atoms with Gasteiger partial charge in [0.05, 0.1) is 0 Å². The lowest BCUT2D eigenvalue weighted by Crippen LogP contribution is -1.92. The first-order valence-electron chi connectivity index (χ1n) is 9.11. The first-order chi connectivity index (χ1) is 12.4. The molecule has 0 spiro atoms. The van der Waals surface area contributed by atoms with Crippen LogP contribution in [0.3, 0.4) is 0 Å². The molecule has 0 aliphatic carbocycles. The van der Waals surface area contributed by atoms with E-state index >= 15 is 0 Å². The Kier molecular flexibility index (Phi) is 3.24. The predicted molar refractivity (Wildman–Crippen MR) is 110 cm³/mol. The Hall–Kier alpha value is -2.86. The summed E-state index contributed by atoms with van der Waals surface area (Å²) in [4.78, 5) is 0. The van der Waals surface area contributed by atoms with Gasteiger partial charge in [-0.3, -0.25) is 0 Å². The van der Waals surface area contributed by atoms with Crippen molar-refractivity contribution in [2.75, 3.05) is 0 Å². The van der Waals surface area contributed by atoms with E-state index in [2.05, 4.69) is 85.8 Å². The summed E-state index contributed by atoms with van der Waals surface area (Å²) in [5.74, 6) is 0. The average molecular weight is 320 g/mol. The summed E-state index contributed by atoms with van der Waals surface area (Å²) < 4.78 is 0. The lowest BCUT2D eigenvalue weighted by atomic mass is 9.87. The van der Waals surface area contributed by atoms with Crippen LogP contribution in [0.5, 0.6) is 0 Å². The number of rotatable bonds is 3. The Morgan fingerprint density at radius 2 is 1.44 bits per heavy atom. The van der Waals surface area contributed by atoms with Crippen LogP contribution in [0.15, 0.2) is 78.9 Å². The Labute approximate surface area is 148 Å². The zero-order valence-corrected chi connectivity index (χ0v) is 14.4. The minimum Gasteiger partial charge on any atom is -0.0651 e. The van der Waals surface area contributed by atoms with Crippen LogP contribution in [-0.4, -0.2) is 0 Å². The zero-order valence-electron chi connectivity index (χ0n) is 14.4. The molecule has 0 aliphatic rings. The van der Waals surface area contributed by atoms with Gasteiger partial charge in [-0.2, -0.15) is 0 Å². The highest BCUT2D eigenvalue weighted by molar-refractivity contribution is 6.26. The van der Waals surface area contributed by atoms with Crippen molar-refractivity contribution < 1.29 is 0 Å². The van der Waals surface area contributed by atoms with Crippen molar-refractivity contribution in [1.29, 1.82) is 0 Å². The molecule has 0 unspecified atom stereocenters. The molecule has 0 saturated heterocycles. The van der Waals surface area contributed by atoms with E-state index in [0.29, 0.717) is 0 Å². The van der Waals surface area contributed by atoms with Gasteiger partial charge in [0.25, 0.3) is 0 Å². The third kappa shape index (κ3) is 2.14. The fraction of sp³-hybridized carbons (Fsp3) is 0.120. The fourth-order valence-corrected chi connectivity index (χ4v) is 4.23. The first kappa shape index (κ1) is 14.5. The maximum absolute atomic E-state index is 2.36. The SMILES string of the molecule is CCCc1ccc2c(-c3ccccc3)cc3cccc4ccc1c2c43. The van der Waals surface area contributed by atoms with Gasteiger partial charge in [0.1, 0.15) is 0 Å². The summed E-state index contributed by atoms with van der Waals surface area (Å²) in [5, 5.41) is 8.30. The molecule has 0 bridgehead atoms. The van der Waals surface area contributed by atoms with E-state index in [1.54, 1.807) is 0 Å². The molecule has 5 aromatic rings. The van der Waals surface area contributed by atoms with E-state index in [9.17, 15) is 0 Å². The van der Waals surface area contributed by atoms with Crippen molar-refractivity contribution >= 4 is 32.3 Å². The molecule has 0 amide bonds. The largest absolute Gasteiger partial charge is 0.0651 e. The zero-order chi connectivity index (χ0) is 16.8. The molecule has 120 valence electrons. The molecule has 25 heavy (non-hydrogen) atoms. The van der Waals surface area contributed by atoms with E-state index in [4.69, 9.17) is 0 Å². The maximum atomic E-state index is 2.36. The molecule has 0 nitrogen and oxygen atoms in total. The second-order valence-corrected chi connectivity index (χ2v) is 6.88. The first-order valence-corrected chi connectivity index (χ1v) is 9.11. The van der Waals surface area contributed by atoms with Crippen molar-refractivity contribution in [2.45, 2.75) is 19.8 Å². The maximum Gasteiger partial charge on any atom is -0.00178 e. The molecule has 0 saturated carbocycles. The second-order valence-electron chi connectivity index (χ2n) is 6.88. The molecule has 0 atom stereocenters. The molecule has 0 aromatic heterocycles. The van der Waals surface area contributed by atoms with Crippen LogP contribution >= 0.6 is 0 Å². The van der Waals surface area contributed by atoms with Crippen LogP contribution in [0.1, 0.15) is 18.9 Å². The highest BCUT2D eigenvalue weighted by atomic mass is 14.2. The Morgan fingerprint density at radius 1 is 0.640 bits per heavy atom. The van der Waals surface area contributed by atoms with Crippen LogP contribution < -0.4 is 0 Å². The summed E-state index contributed by atoms with van der Waals surface area (Å²) in [6.07, 6.45) is 2.31. The van der Waals surface area contributed by atoms with Gasteiger partial charge in [-0.1, -0.05) is 86.1 Å². The van der Waals surface area contributed by atoms with Gasteiger partial charge in [-0.15, -0.1) is 0 Å². The van der Waals surface area contributed by atoms with Gasteiger partial charge in [-0.05, 0) is 61.5 Å². The molecule has 0 heteroatoms. The summed E-state index contributed by atoms with van der Waals surface area (Å²) in [6.45, 7) is 2.26. The Bertz CT molecular complexity index is 1180. The fourth-order valence-electron chi connectivity index (χ4n) is 4.23. The van der Waals surface area contributed by atoms with Gasteiger partial charge in [0.15, 0.2) is 0 Å². The Morgan fingerprint density at radius 3 is 2.28 bits per heavy atom. The standard InChI is InChI=1S/C25H20/c1-2-7-17-12-15-22-23(18-8-4-3-5-9-18)16-20-11-6-10-19-13-14-21(17)25(22)24(19)20/h3-6,8-16H,2,7H2,1H3. The quantitative estimate of drug-likeness (QED) is 0.308. The molecule has 0 fully saturated rings. The molecular weight excluding hydrogens is 300 g/mol. The Balaban J connectivity index is 2.00. The topological polar surface area (TPSA) is 0 Å². The van der Waals surface area contributed by atoms with Crippen LogP contribution in [0.4, 0.5) is 0 Å². The minimum atomic E-state index is 1.13. The van der Waals surface area contributed by atoms with Gasteiger partial charge < -0.3 is 0 Å². The highest BCUT2D eigenvalue weighted by Gasteiger charge is 2.14. The van der Waals surface area contributed by atoms with Crippen molar-refractivity contribution in [1.82, 2.24) is 0 Å². The molecule has 0 aliphatic heterocycles. The predicted octanol–water partition coefficient (Wildman–Crippen LogP) is 7.20. The summed E-state index contributed by atoms with van der Waals surface area (Å²) >= 11 is 0. The molecule has 5 aromatic carbocycles. The number of aryl methyl sites for hydroxylation is 1. The van der Waals surface area contributed by atoms with E-state index < -0.39 is 0 Å². The molecule has 0 radical (unpaired) electrons. The lowest BCUT2D eigenvalue weighted by molar-refractivity contribution is 0.930. The molecule has 5 rings (SSSR count). The van der Waals surface area contributed by atoms with Crippen LogP contribution in [-0.2, 0) is 6.42 Å².